The summed E-state index contributed by atoms with van der Waals surface area (Å²) in [5.74, 6) is -1.64. The van der Waals surface area contributed by atoms with Gasteiger partial charge >= 0.3 is 0 Å². The van der Waals surface area contributed by atoms with Crippen LogP contribution in [0.1, 0.15) is 24.4 Å². The Balaban J connectivity index is 1.82. The molecule has 2 saturated heterocycles. The number of Topliss-reactive ketones (excluding diaryl/α,β-unsaturated/α-hetero) is 1. The molecule has 2 aliphatic heterocycles. The molecule has 122 valence electrons. The summed E-state index contributed by atoms with van der Waals surface area (Å²) in [4.78, 5) is 38.1. The van der Waals surface area contributed by atoms with Gasteiger partial charge in [0.1, 0.15) is 6.61 Å². The van der Waals surface area contributed by atoms with E-state index in [0.29, 0.717) is 6.42 Å². The van der Waals surface area contributed by atoms with Gasteiger partial charge < -0.3 is 21.1 Å². The van der Waals surface area contributed by atoms with Gasteiger partial charge in [0.25, 0.3) is 5.91 Å². The number of ether oxygens (including phenoxy) is 1. The van der Waals surface area contributed by atoms with Crippen LogP contribution in [0.4, 0.5) is 0 Å². The van der Waals surface area contributed by atoms with Crippen LogP contribution in [0, 0.1) is 0 Å². The predicted octanol–water partition coefficient (Wildman–Crippen LogP) is -0.499. The molecule has 0 radical (unpaired) electrons. The van der Waals surface area contributed by atoms with Crippen molar-refractivity contribution in [2.75, 3.05) is 13.2 Å². The zero-order valence-corrected chi connectivity index (χ0v) is 12.6. The standard InChI is InChI=1S/C16H19N3O4/c17-11(10-4-2-1-3-5-10)8-14(21)19-7-6-13-16(19,15(18)22)12(20)9-23-13/h1-5,11,13H,6-9,17H2,(H2,18,22). The topological polar surface area (TPSA) is 116 Å². The van der Waals surface area contributed by atoms with Crippen molar-refractivity contribution >= 4 is 17.6 Å². The molecule has 1 aromatic rings. The summed E-state index contributed by atoms with van der Waals surface area (Å²) in [7, 11) is 0. The van der Waals surface area contributed by atoms with Crippen molar-refractivity contribution in [3.8, 4) is 0 Å². The van der Waals surface area contributed by atoms with Gasteiger partial charge in [0.2, 0.25) is 11.4 Å². The molecule has 1 aromatic carbocycles. The molecule has 7 heteroatoms. The summed E-state index contributed by atoms with van der Waals surface area (Å²) in [6.45, 7) is 0.0712. The third-order valence-electron chi connectivity index (χ3n) is 4.65. The molecule has 2 heterocycles. The SMILES string of the molecule is NC(=O)C12C(=O)COC1CCN2C(=O)CC(N)c1ccccc1. The number of ketones is 1. The first kappa shape index (κ1) is 15.6. The van der Waals surface area contributed by atoms with Gasteiger partial charge in [-0.3, -0.25) is 14.4 Å². The Morgan fingerprint density at radius 3 is 2.70 bits per heavy atom. The van der Waals surface area contributed by atoms with Crippen molar-refractivity contribution in [1.29, 1.82) is 0 Å². The number of nitrogens with zero attached hydrogens (tertiary/aromatic N) is 1. The minimum Gasteiger partial charge on any atom is -0.367 e. The lowest BCUT2D eigenvalue weighted by atomic mass is 9.89. The third kappa shape index (κ3) is 2.32. The molecule has 0 aromatic heterocycles. The summed E-state index contributed by atoms with van der Waals surface area (Å²) < 4.78 is 5.35. The monoisotopic (exact) mass is 317 g/mol. The number of primary amides is 1. The van der Waals surface area contributed by atoms with E-state index in [0.717, 1.165) is 5.56 Å². The molecule has 3 atom stereocenters. The highest BCUT2D eigenvalue weighted by atomic mass is 16.5. The van der Waals surface area contributed by atoms with E-state index in [4.69, 9.17) is 16.2 Å². The molecule has 0 saturated carbocycles. The number of hydrogen-bond acceptors (Lipinski definition) is 5. The fourth-order valence-corrected chi connectivity index (χ4v) is 3.49. The van der Waals surface area contributed by atoms with E-state index >= 15 is 0 Å². The molecular weight excluding hydrogens is 298 g/mol. The van der Waals surface area contributed by atoms with E-state index in [1.54, 1.807) is 0 Å². The van der Waals surface area contributed by atoms with Crippen LogP contribution >= 0.6 is 0 Å². The highest BCUT2D eigenvalue weighted by molar-refractivity contribution is 6.15. The summed E-state index contributed by atoms with van der Waals surface area (Å²) in [6, 6.07) is 8.69. The molecule has 0 spiro atoms. The van der Waals surface area contributed by atoms with E-state index in [1.807, 2.05) is 30.3 Å². The summed E-state index contributed by atoms with van der Waals surface area (Å²) >= 11 is 0. The van der Waals surface area contributed by atoms with Gasteiger partial charge in [-0.1, -0.05) is 30.3 Å². The predicted molar refractivity (Wildman–Crippen MR) is 81.0 cm³/mol. The third-order valence-corrected chi connectivity index (χ3v) is 4.65. The van der Waals surface area contributed by atoms with Gasteiger partial charge in [0.05, 0.1) is 6.10 Å². The lowest BCUT2D eigenvalue weighted by Gasteiger charge is -2.33. The number of carbonyl (C=O) groups is 3. The number of rotatable bonds is 4. The lowest BCUT2D eigenvalue weighted by molar-refractivity contribution is -0.150. The normalized spacial score (nSPS) is 27.8. The Labute approximate surface area is 133 Å². The molecule has 23 heavy (non-hydrogen) atoms. The van der Waals surface area contributed by atoms with Gasteiger partial charge in [0, 0.05) is 19.0 Å². The van der Waals surface area contributed by atoms with Crippen LogP contribution in [0.15, 0.2) is 30.3 Å². The zero-order chi connectivity index (χ0) is 16.6. The molecule has 0 aliphatic carbocycles. The number of amides is 2. The molecule has 2 fully saturated rings. The summed E-state index contributed by atoms with van der Waals surface area (Å²) in [6.07, 6.45) is -0.232. The molecule has 2 amide bonds. The van der Waals surface area contributed by atoms with Gasteiger partial charge in [-0.05, 0) is 12.0 Å². The Morgan fingerprint density at radius 2 is 2.04 bits per heavy atom. The molecule has 2 aliphatic rings. The maximum Gasteiger partial charge on any atom is 0.254 e. The van der Waals surface area contributed by atoms with Crippen LogP contribution in [0.3, 0.4) is 0 Å². The smallest absolute Gasteiger partial charge is 0.254 e. The van der Waals surface area contributed by atoms with E-state index in [-0.39, 0.29) is 25.5 Å². The van der Waals surface area contributed by atoms with Crippen molar-refractivity contribution < 1.29 is 19.1 Å². The van der Waals surface area contributed by atoms with E-state index < -0.39 is 29.4 Å². The summed E-state index contributed by atoms with van der Waals surface area (Å²) in [5.41, 5.74) is 10.7. The van der Waals surface area contributed by atoms with Crippen LogP contribution in [0.5, 0.6) is 0 Å². The van der Waals surface area contributed by atoms with Crippen molar-refractivity contribution in [3.63, 3.8) is 0 Å². The number of benzene rings is 1. The van der Waals surface area contributed by atoms with E-state index in [1.165, 1.54) is 4.90 Å². The Hall–Kier alpha value is -2.25. The van der Waals surface area contributed by atoms with Crippen LogP contribution in [-0.2, 0) is 19.1 Å². The number of likely N-dealkylation sites (tertiary alicyclic amines) is 1. The minimum absolute atomic E-state index is 0.000949. The van der Waals surface area contributed by atoms with Crippen molar-refractivity contribution in [2.45, 2.75) is 30.5 Å². The van der Waals surface area contributed by atoms with Gasteiger partial charge in [-0.2, -0.15) is 0 Å². The number of nitrogens with two attached hydrogens (primary N) is 2. The van der Waals surface area contributed by atoms with Crippen molar-refractivity contribution in [1.82, 2.24) is 4.90 Å². The first-order valence-electron chi connectivity index (χ1n) is 7.53. The lowest BCUT2D eigenvalue weighted by Crippen LogP contribution is -2.63. The second kappa shape index (κ2) is 5.75. The Kier molecular flexibility index (Phi) is 3.91. The maximum atomic E-state index is 12.7. The maximum absolute atomic E-state index is 12.7. The average Bonchev–Trinajstić information content (AvgIpc) is 3.07. The van der Waals surface area contributed by atoms with Gasteiger partial charge in [0.15, 0.2) is 5.78 Å². The first-order valence-corrected chi connectivity index (χ1v) is 7.53. The van der Waals surface area contributed by atoms with E-state index in [9.17, 15) is 14.4 Å². The summed E-state index contributed by atoms with van der Waals surface area (Å²) in [5, 5.41) is 0. The van der Waals surface area contributed by atoms with Crippen LogP contribution < -0.4 is 11.5 Å². The molecule has 3 rings (SSSR count). The highest BCUT2D eigenvalue weighted by Crippen LogP contribution is 2.38. The average molecular weight is 317 g/mol. The highest BCUT2D eigenvalue weighted by Gasteiger charge is 2.64. The second-order valence-corrected chi connectivity index (χ2v) is 5.91. The first-order chi connectivity index (χ1) is 11.0. The number of carbonyl (C=O) groups excluding carboxylic acids is 3. The molecular formula is C16H19N3O4. The molecule has 3 unspecified atom stereocenters. The number of hydrogen-bond donors (Lipinski definition) is 2. The molecule has 7 nitrogen and oxygen atoms in total. The van der Waals surface area contributed by atoms with Gasteiger partial charge in [-0.25, -0.2) is 0 Å². The zero-order valence-electron chi connectivity index (χ0n) is 12.6. The molecule has 4 N–H and O–H groups in total. The minimum atomic E-state index is -1.66. The molecule has 0 bridgehead atoms. The second-order valence-electron chi connectivity index (χ2n) is 5.91. The van der Waals surface area contributed by atoms with Crippen LogP contribution in [0.2, 0.25) is 0 Å². The van der Waals surface area contributed by atoms with Crippen LogP contribution in [-0.4, -0.2) is 47.3 Å². The van der Waals surface area contributed by atoms with Crippen molar-refractivity contribution in [2.24, 2.45) is 11.5 Å². The fourth-order valence-electron chi connectivity index (χ4n) is 3.49. The quantitative estimate of drug-likeness (QED) is 0.726. The largest absolute Gasteiger partial charge is 0.367 e. The van der Waals surface area contributed by atoms with Gasteiger partial charge in [-0.15, -0.1) is 0 Å². The van der Waals surface area contributed by atoms with Crippen LogP contribution in [0.25, 0.3) is 0 Å². The van der Waals surface area contributed by atoms with E-state index in [2.05, 4.69) is 0 Å². The van der Waals surface area contributed by atoms with Crippen molar-refractivity contribution in [3.05, 3.63) is 35.9 Å². The number of fused-ring (bicyclic) bond motifs is 1. The fraction of sp³-hybridized carbons (Fsp3) is 0.438. The Bertz CT molecular complexity index is 648. The Morgan fingerprint density at radius 1 is 1.35 bits per heavy atom.